The van der Waals surface area contributed by atoms with Gasteiger partial charge in [-0.3, -0.25) is 4.79 Å². The van der Waals surface area contributed by atoms with Gasteiger partial charge in [-0.1, -0.05) is 24.3 Å². The lowest BCUT2D eigenvalue weighted by atomic mass is 9.94. The van der Waals surface area contributed by atoms with E-state index in [2.05, 4.69) is 34.9 Å². The third-order valence-corrected chi connectivity index (χ3v) is 4.06. The van der Waals surface area contributed by atoms with Crippen molar-refractivity contribution in [3.05, 3.63) is 35.4 Å². The Kier molecular flexibility index (Phi) is 3.80. The minimum absolute atomic E-state index is 0.289. The lowest BCUT2D eigenvalue weighted by Crippen LogP contribution is -2.48. The first-order valence-corrected chi connectivity index (χ1v) is 7.11. The van der Waals surface area contributed by atoms with Crippen LogP contribution in [0.15, 0.2) is 24.3 Å². The fraction of sp³-hybridized carbons (Fsp3) is 0.533. The average Bonchev–Trinajstić information content (AvgIpc) is 2.48. The topological polar surface area (TPSA) is 44.4 Å². The maximum Gasteiger partial charge on any atom is 0.224 e. The number of fused-ring (bicyclic) bond motifs is 1. The molecule has 1 aromatic carbocycles. The first kappa shape index (κ1) is 12.6. The molecule has 1 amide bonds. The summed E-state index contributed by atoms with van der Waals surface area (Å²) in [6.07, 6.45) is 1.59. The predicted molar refractivity (Wildman–Crippen MR) is 74.8 cm³/mol. The van der Waals surface area contributed by atoms with Gasteiger partial charge < -0.3 is 15.5 Å². The van der Waals surface area contributed by atoms with E-state index < -0.39 is 0 Å². The third kappa shape index (κ3) is 2.96. The minimum Gasteiger partial charge on any atom is -0.340 e. The first-order chi connectivity index (χ1) is 9.33. The molecular weight excluding hydrogens is 238 g/mol. The van der Waals surface area contributed by atoms with Gasteiger partial charge in [0.15, 0.2) is 0 Å². The van der Waals surface area contributed by atoms with Crippen molar-refractivity contribution < 1.29 is 4.79 Å². The summed E-state index contributed by atoms with van der Waals surface area (Å²) >= 11 is 0. The van der Waals surface area contributed by atoms with E-state index in [-0.39, 0.29) is 6.04 Å². The van der Waals surface area contributed by atoms with E-state index in [0.717, 1.165) is 39.1 Å². The maximum atomic E-state index is 12.2. The second kappa shape index (κ2) is 5.72. The zero-order valence-corrected chi connectivity index (χ0v) is 11.2. The molecule has 2 N–H and O–H groups in total. The van der Waals surface area contributed by atoms with Gasteiger partial charge in [0.2, 0.25) is 5.91 Å². The minimum atomic E-state index is 0.289. The summed E-state index contributed by atoms with van der Waals surface area (Å²) in [4.78, 5) is 14.2. The highest BCUT2D eigenvalue weighted by Gasteiger charge is 2.23. The van der Waals surface area contributed by atoms with E-state index in [1.807, 2.05) is 4.90 Å². The molecule has 0 radical (unpaired) electrons. The van der Waals surface area contributed by atoms with Crippen LogP contribution in [0.1, 0.15) is 17.5 Å². The van der Waals surface area contributed by atoms with E-state index in [9.17, 15) is 4.79 Å². The smallest absolute Gasteiger partial charge is 0.224 e. The second-order valence-electron chi connectivity index (χ2n) is 5.39. The Bertz CT molecular complexity index is 454. The number of hydrogen-bond acceptors (Lipinski definition) is 3. The molecule has 0 spiro atoms. The van der Waals surface area contributed by atoms with Crippen molar-refractivity contribution in [2.75, 3.05) is 26.2 Å². The molecule has 102 valence electrons. The highest BCUT2D eigenvalue weighted by Crippen LogP contribution is 2.18. The molecule has 4 heteroatoms. The van der Waals surface area contributed by atoms with Crippen molar-refractivity contribution in [3.8, 4) is 0 Å². The Hall–Kier alpha value is -1.39. The van der Waals surface area contributed by atoms with E-state index >= 15 is 0 Å². The van der Waals surface area contributed by atoms with Crippen LogP contribution in [-0.4, -0.2) is 43.0 Å². The molecular formula is C15H21N3O. The van der Waals surface area contributed by atoms with Crippen molar-refractivity contribution in [2.45, 2.75) is 25.4 Å². The first-order valence-electron chi connectivity index (χ1n) is 7.11. The Morgan fingerprint density at radius 3 is 2.74 bits per heavy atom. The standard InChI is InChI=1S/C15H21N3O/c19-15(18-7-5-16-6-8-18)10-14-9-12-3-1-2-4-13(12)11-17-14/h1-4,14,16-17H,5-11H2. The van der Waals surface area contributed by atoms with Crippen molar-refractivity contribution in [3.63, 3.8) is 0 Å². The number of carbonyl (C=O) groups is 1. The molecule has 2 heterocycles. The van der Waals surface area contributed by atoms with Gasteiger partial charge in [-0.2, -0.15) is 0 Å². The predicted octanol–water partition coefficient (Wildman–Crippen LogP) is 0.523. The molecule has 1 unspecified atom stereocenters. The van der Waals surface area contributed by atoms with Gasteiger partial charge in [0.25, 0.3) is 0 Å². The van der Waals surface area contributed by atoms with Gasteiger partial charge in [-0.15, -0.1) is 0 Å². The van der Waals surface area contributed by atoms with Crippen LogP contribution < -0.4 is 10.6 Å². The van der Waals surface area contributed by atoms with Crippen LogP contribution in [0, 0.1) is 0 Å². The van der Waals surface area contributed by atoms with Crippen LogP contribution in [0.5, 0.6) is 0 Å². The molecule has 2 aliphatic heterocycles. The van der Waals surface area contributed by atoms with Gasteiger partial charge in [0.1, 0.15) is 0 Å². The zero-order valence-electron chi connectivity index (χ0n) is 11.2. The van der Waals surface area contributed by atoms with Crippen molar-refractivity contribution in [2.24, 2.45) is 0 Å². The molecule has 1 atom stereocenters. The van der Waals surface area contributed by atoms with E-state index in [1.54, 1.807) is 0 Å². The monoisotopic (exact) mass is 259 g/mol. The maximum absolute atomic E-state index is 12.2. The SMILES string of the molecule is O=C(CC1Cc2ccccc2CN1)N1CCNCC1. The molecule has 3 rings (SSSR count). The lowest BCUT2D eigenvalue weighted by Gasteiger charge is -2.31. The third-order valence-electron chi connectivity index (χ3n) is 4.06. The number of amides is 1. The van der Waals surface area contributed by atoms with Crippen molar-refractivity contribution in [1.29, 1.82) is 0 Å². The van der Waals surface area contributed by atoms with Gasteiger partial charge in [0, 0.05) is 45.2 Å². The summed E-state index contributed by atoms with van der Waals surface area (Å²) < 4.78 is 0. The highest BCUT2D eigenvalue weighted by atomic mass is 16.2. The van der Waals surface area contributed by atoms with Gasteiger partial charge in [0.05, 0.1) is 0 Å². The number of rotatable bonds is 2. The van der Waals surface area contributed by atoms with E-state index in [1.165, 1.54) is 11.1 Å². The molecule has 1 saturated heterocycles. The number of piperazine rings is 1. The summed E-state index contributed by atoms with van der Waals surface area (Å²) in [5.74, 6) is 0.290. The number of nitrogens with zero attached hydrogens (tertiary/aromatic N) is 1. The molecule has 0 aromatic heterocycles. The van der Waals surface area contributed by atoms with Crippen LogP contribution in [0.2, 0.25) is 0 Å². The molecule has 0 aliphatic carbocycles. The number of carbonyl (C=O) groups excluding carboxylic acids is 1. The molecule has 1 aromatic rings. The van der Waals surface area contributed by atoms with Crippen LogP contribution in [-0.2, 0) is 17.8 Å². The zero-order chi connectivity index (χ0) is 13.1. The fourth-order valence-corrected chi connectivity index (χ4v) is 2.92. The van der Waals surface area contributed by atoms with Gasteiger partial charge >= 0.3 is 0 Å². The van der Waals surface area contributed by atoms with Crippen LogP contribution >= 0.6 is 0 Å². The quantitative estimate of drug-likeness (QED) is 0.814. The molecule has 19 heavy (non-hydrogen) atoms. The number of hydrogen-bond donors (Lipinski definition) is 2. The number of nitrogens with one attached hydrogen (secondary N) is 2. The van der Waals surface area contributed by atoms with Crippen molar-refractivity contribution in [1.82, 2.24) is 15.5 Å². The highest BCUT2D eigenvalue weighted by molar-refractivity contribution is 5.77. The van der Waals surface area contributed by atoms with Crippen LogP contribution in [0.4, 0.5) is 0 Å². The second-order valence-corrected chi connectivity index (χ2v) is 5.39. The summed E-state index contributed by atoms with van der Waals surface area (Å²) in [7, 11) is 0. The molecule has 4 nitrogen and oxygen atoms in total. The summed E-state index contributed by atoms with van der Waals surface area (Å²) in [5, 5.41) is 6.76. The Labute approximate surface area is 114 Å². The Balaban J connectivity index is 1.58. The largest absolute Gasteiger partial charge is 0.340 e. The van der Waals surface area contributed by atoms with E-state index in [0.29, 0.717) is 12.3 Å². The van der Waals surface area contributed by atoms with Crippen molar-refractivity contribution >= 4 is 5.91 Å². The van der Waals surface area contributed by atoms with Crippen LogP contribution in [0.3, 0.4) is 0 Å². The van der Waals surface area contributed by atoms with Gasteiger partial charge in [-0.25, -0.2) is 0 Å². The fourth-order valence-electron chi connectivity index (χ4n) is 2.92. The Morgan fingerprint density at radius 1 is 1.21 bits per heavy atom. The molecule has 1 fully saturated rings. The summed E-state index contributed by atoms with van der Waals surface area (Å²) in [6, 6.07) is 8.79. The molecule has 0 saturated carbocycles. The summed E-state index contributed by atoms with van der Waals surface area (Å²) in [6.45, 7) is 4.43. The summed E-state index contributed by atoms with van der Waals surface area (Å²) in [5.41, 5.74) is 2.76. The van der Waals surface area contributed by atoms with E-state index in [4.69, 9.17) is 0 Å². The average molecular weight is 259 g/mol. The number of benzene rings is 1. The lowest BCUT2D eigenvalue weighted by molar-refractivity contribution is -0.132. The molecule has 2 aliphatic rings. The Morgan fingerprint density at radius 2 is 1.95 bits per heavy atom. The van der Waals surface area contributed by atoms with Crippen LogP contribution in [0.25, 0.3) is 0 Å². The molecule has 0 bridgehead atoms. The normalized spacial score (nSPS) is 22.9. The van der Waals surface area contributed by atoms with Gasteiger partial charge in [-0.05, 0) is 17.5 Å².